The molecule has 0 bridgehead atoms. The number of likely N-dealkylation sites (tertiary alicyclic amines) is 1. The highest BCUT2D eigenvalue weighted by atomic mass is 15.4. The molecule has 2 unspecified atom stereocenters. The third-order valence-electron chi connectivity index (χ3n) is 5.26. The minimum absolute atomic E-state index is 0.741. The molecule has 0 N–H and O–H groups in total. The maximum absolute atomic E-state index is 2.81. The van der Waals surface area contributed by atoms with Gasteiger partial charge in [-0.3, -0.25) is 9.80 Å². The summed E-state index contributed by atoms with van der Waals surface area (Å²) in [6.07, 6.45) is 4.27. The van der Waals surface area contributed by atoms with Crippen LogP contribution in [-0.4, -0.2) is 72.6 Å². The van der Waals surface area contributed by atoms with Gasteiger partial charge in [0.2, 0.25) is 0 Å². The largest absolute Gasteiger partial charge is 0.306 e. The predicted octanol–water partition coefficient (Wildman–Crippen LogP) is 1.50. The zero-order valence-corrected chi connectivity index (χ0v) is 12.3. The molecular formula is C15H29N3. The molecule has 3 nitrogen and oxygen atoms in total. The Bertz CT molecular complexity index is 283. The lowest BCUT2D eigenvalue weighted by molar-refractivity contribution is 0.0810. The van der Waals surface area contributed by atoms with Crippen molar-refractivity contribution in [2.24, 2.45) is 5.92 Å². The van der Waals surface area contributed by atoms with E-state index in [4.69, 9.17) is 0 Å². The number of hydrogen-bond donors (Lipinski definition) is 0. The maximum atomic E-state index is 2.81. The van der Waals surface area contributed by atoms with Crippen LogP contribution in [-0.2, 0) is 0 Å². The molecule has 3 fully saturated rings. The van der Waals surface area contributed by atoms with Gasteiger partial charge in [0, 0.05) is 37.8 Å². The third-order valence-corrected chi connectivity index (χ3v) is 5.26. The number of rotatable bonds is 3. The average molecular weight is 251 g/mol. The Morgan fingerprint density at radius 1 is 1.00 bits per heavy atom. The normalized spacial score (nSPS) is 36.0. The van der Waals surface area contributed by atoms with E-state index in [1.807, 2.05) is 0 Å². The fourth-order valence-corrected chi connectivity index (χ4v) is 3.94. The van der Waals surface area contributed by atoms with E-state index in [1.165, 1.54) is 52.0 Å². The number of piperazine rings is 1. The number of piperidine rings is 1. The van der Waals surface area contributed by atoms with Gasteiger partial charge in [0.25, 0.3) is 0 Å². The summed E-state index contributed by atoms with van der Waals surface area (Å²) in [5.74, 6) is 0.966. The lowest BCUT2D eigenvalue weighted by Crippen LogP contribution is -2.50. The second-order valence-corrected chi connectivity index (χ2v) is 6.94. The van der Waals surface area contributed by atoms with Crippen molar-refractivity contribution in [3.8, 4) is 0 Å². The first-order chi connectivity index (χ1) is 8.65. The number of fused-ring (bicyclic) bond motifs is 1. The molecule has 0 spiro atoms. The molecule has 2 atom stereocenters. The van der Waals surface area contributed by atoms with Crippen LogP contribution in [0.25, 0.3) is 0 Å². The second kappa shape index (κ2) is 5.10. The molecule has 0 aromatic rings. The van der Waals surface area contributed by atoms with E-state index in [0.717, 1.165) is 24.0 Å². The molecule has 3 aliphatic rings. The fraction of sp³-hybridized carbons (Fsp3) is 1.00. The van der Waals surface area contributed by atoms with Crippen molar-refractivity contribution >= 4 is 0 Å². The summed E-state index contributed by atoms with van der Waals surface area (Å²) in [6.45, 7) is 11.3. The summed E-state index contributed by atoms with van der Waals surface area (Å²) < 4.78 is 0. The molecule has 18 heavy (non-hydrogen) atoms. The van der Waals surface area contributed by atoms with Crippen molar-refractivity contribution in [3.05, 3.63) is 0 Å². The van der Waals surface area contributed by atoms with Crippen LogP contribution in [0.4, 0.5) is 0 Å². The lowest BCUT2D eigenvalue weighted by Gasteiger charge is -2.39. The first kappa shape index (κ1) is 12.9. The van der Waals surface area contributed by atoms with Crippen molar-refractivity contribution in [2.75, 3.05) is 39.8 Å². The SMILES string of the molecule is CC(C)N1CCN(CC2CCN(C)CC2)C2CC21. The van der Waals surface area contributed by atoms with Crippen molar-refractivity contribution in [3.63, 3.8) is 0 Å². The topological polar surface area (TPSA) is 9.72 Å². The van der Waals surface area contributed by atoms with Crippen LogP contribution in [0.2, 0.25) is 0 Å². The van der Waals surface area contributed by atoms with Gasteiger partial charge in [-0.15, -0.1) is 0 Å². The molecule has 2 aliphatic heterocycles. The zero-order chi connectivity index (χ0) is 12.7. The van der Waals surface area contributed by atoms with Crippen LogP contribution in [0.3, 0.4) is 0 Å². The minimum Gasteiger partial charge on any atom is -0.306 e. The Hall–Kier alpha value is -0.120. The molecule has 0 amide bonds. The Morgan fingerprint density at radius 2 is 1.72 bits per heavy atom. The van der Waals surface area contributed by atoms with E-state index in [-0.39, 0.29) is 0 Å². The van der Waals surface area contributed by atoms with Gasteiger partial charge in [0.05, 0.1) is 0 Å². The Morgan fingerprint density at radius 3 is 2.39 bits per heavy atom. The molecule has 3 heteroatoms. The molecule has 0 aromatic heterocycles. The van der Waals surface area contributed by atoms with E-state index in [9.17, 15) is 0 Å². The van der Waals surface area contributed by atoms with Crippen molar-refractivity contribution in [1.29, 1.82) is 0 Å². The van der Waals surface area contributed by atoms with E-state index >= 15 is 0 Å². The van der Waals surface area contributed by atoms with Gasteiger partial charge in [-0.05, 0) is 59.2 Å². The van der Waals surface area contributed by atoms with Crippen molar-refractivity contribution in [1.82, 2.24) is 14.7 Å². The quantitative estimate of drug-likeness (QED) is 0.752. The molecule has 0 aromatic carbocycles. The van der Waals surface area contributed by atoms with Crippen LogP contribution in [0.5, 0.6) is 0 Å². The van der Waals surface area contributed by atoms with Gasteiger partial charge in [-0.25, -0.2) is 0 Å². The third kappa shape index (κ3) is 2.59. The second-order valence-electron chi connectivity index (χ2n) is 6.94. The first-order valence-electron chi connectivity index (χ1n) is 7.83. The highest BCUT2D eigenvalue weighted by Gasteiger charge is 2.49. The van der Waals surface area contributed by atoms with Gasteiger partial charge in [-0.2, -0.15) is 0 Å². The molecule has 2 saturated heterocycles. The summed E-state index contributed by atoms with van der Waals surface area (Å²) in [6, 6.07) is 2.54. The number of nitrogens with zero attached hydrogens (tertiary/aromatic N) is 3. The van der Waals surface area contributed by atoms with Crippen molar-refractivity contribution in [2.45, 2.75) is 51.2 Å². The van der Waals surface area contributed by atoms with Gasteiger partial charge < -0.3 is 4.90 Å². The molecule has 0 radical (unpaired) electrons. The van der Waals surface area contributed by atoms with E-state index in [0.29, 0.717) is 0 Å². The lowest BCUT2D eigenvalue weighted by atomic mass is 9.96. The Kier molecular flexibility index (Phi) is 3.65. The fourth-order valence-electron chi connectivity index (χ4n) is 3.94. The highest BCUT2D eigenvalue weighted by molar-refractivity contribution is 5.07. The van der Waals surface area contributed by atoms with E-state index in [1.54, 1.807) is 0 Å². The molecule has 2 heterocycles. The molecule has 1 saturated carbocycles. The first-order valence-corrected chi connectivity index (χ1v) is 7.83. The van der Waals surface area contributed by atoms with E-state index < -0.39 is 0 Å². The molecular weight excluding hydrogens is 222 g/mol. The van der Waals surface area contributed by atoms with Gasteiger partial charge >= 0.3 is 0 Å². The molecule has 104 valence electrons. The smallest absolute Gasteiger partial charge is 0.0270 e. The van der Waals surface area contributed by atoms with Crippen molar-refractivity contribution < 1.29 is 0 Å². The highest BCUT2D eigenvalue weighted by Crippen LogP contribution is 2.38. The van der Waals surface area contributed by atoms with Crippen LogP contribution >= 0.6 is 0 Å². The summed E-state index contributed by atoms with van der Waals surface area (Å²) in [4.78, 5) is 8.00. The monoisotopic (exact) mass is 251 g/mol. The van der Waals surface area contributed by atoms with E-state index in [2.05, 4.69) is 35.6 Å². The maximum Gasteiger partial charge on any atom is 0.0270 e. The van der Waals surface area contributed by atoms with Crippen LogP contribution in [0.15, 0.2) is 0 Å². The minimum atomic E-state index is 0.741. The number of hydrogen-bond acceptors (Lipinski definition) is 3. The molecule has 1 aliphatic carbocycles. The van der Waals surface area contributed by atoms with Gasteiger partial charge in [0.1, 0.15) is 0 Å². The Labute approximate surface area is 112 Å². The van der Waals surface area contributed by atoms with Crippen LogP contribution in [0, 0.1) is 5.92 Å². The summed E-state index contributed by atoms with van der Waals surface area (Å²) in [7, 11) is 2.26. The Balaban J connectivity index is 1.48. The van der Waals surface area contributed by atoms with Gasteiger partial charge in [0.15, 0.2) is 0 Å². The summed E-state index contributed by atoms with van der Waals surface area (Å²) >= 11 is 0. The van der Waals surface area contributed by atoms with Crippen LogP contribution in [0.1, 0.15) is 33.1 Å². The predicted molar refractivity (Wildman–Crippen MR) is 75.8 cm³/mol. The summed E-state index contributed by atoms with van der Waals surface area (Å²) in [5.41, 5.74) is 0. The molecule has 3 rings (SSSR count). The standard InChI is InChI=1S/C15H29N3/c1-12(2)18-9-8-17(14-10-15(14)18)11-13-4-6-16(3)7-5-13/h12-15H,4-11H2,1-3H3. The summed E-state index contributed by atoms with van der Waals surface area (Å²) in [5, 5.41) is 0. The van der Waals surface area contributed by atoms with Crippen LogP contribution < -0.4 is 0 Å². The van der Waals surface area contributed by atoms with Gasteiger partial charge in [-0.1, -0.05) is 0 Å². The average Bonchev–Trinajstić information content (AvgIpc) is 3.12. The zero-order valence-electron chi connectivity index (χ0n) is 12.3.